The largest absolute Gasteiger partial charge is 0.285 e. The van der Waals surface area contributed by atoms with Crippen molar-refractivity contribution in [2.75, 3.05) is 0 Å². The van der Waals surface area contributed by atoms with Crippen molar-refractivity contribution in [3.63, 3.8) is 0 Å². The van der Waals surface area contributed by atoms with Gasteiger partial charge in [0.15, 0.2) is 0 Å². The Labute approximate surface area is 189 Å². The summed E-state index contributed by atoms with van der Waals surface area (Å²) in [5, 5.41) is 46.6. The van der Waals surface area contributed by atoms with E-state index in [2.05, 4.69) is 4.99 Å². The topological polar surface area (TPSA) is 185 Å². The number of nitro benzene ring substituents is 4. The summed E-state index contributed by atoms with van der Waals surface area (Å²) in [6.07, 6.45) is 0.552. The predicted molar refractivity (Wildman–Crippen MR) is 120 cm³/mol. The summed E-state index contributed by atoms with van der Waals surface area (Å²) >= 11 is 0. The number of rotatable bonds is 6. The molecule has 0 spiro atoms. The lowest BCUT2D eigenvalue weighted by molar-refractivity contribution is -0.395. The van der Waals surface area contributed by atoms with Crippen LogP contribution in [0.1, 0.15) is 23.6 Å². The van der Waals surface area contributed by atoms with Crippen molar-refractivity contribution in [3.05, 3.63) is 106 Å². The van der Waals surface area contributed by atoms with E-state index < -0.39 is 42.4 Å². The molecule has 0 fully saturated rings. The molecule has 0 saturated heterocycles. The van der Waals surface area contributed by atoms with Gasteiger partial charge in [0.1, 0.15) is 0 Å². The van der Waals surface area contributed by atoms with Crippen LogP contribution in [-0.4, -0.2) is 25.4 Å². The average Bonchev–Trinajstić information content (AvgIpc) is 3.11. The second-order valence-electron chi connectivity index (χ2n) is 7.25. The number of aryl methyl sites for hydroxylation is 1. The summed E-state index contributed by atoms with van der Waals surface area (Å²) in [6.45, 7) is 1.86. The Morgan fingerprint density at radius 3 is 1.59 bits per heavy atom. The molecule has 170 valence electrons. The van der Waals surface area contributed by atoms with Crippen LogP contribution in [0.3, 0.4) is 0 Å². The van der Waals surface area contributed by atoms with Crippen molar-refractivity contribution in [2.45, 2.75) is 13.3 Å². The Balaban J connectivity index is 2.21. The fourth-order valence-electron chi connectivity index (χ4n) is 3.93. The fraction of sp³-hybridized carbons (Fsp3) is 0.0952. The molecule has 0 N–H and O–H groups in total. The van der Waals surface area contributed by atoms with E-state index in [-0.39, 0.29) is 28.0 Å². The van der Waals surface area contributed by atoms with Gasteiger partial charge in [-0.25, -0.2) is 4.99 Å². The number of nitrogens with zero attached hydrogens (tertiary/aromatic N) is 5. The molecule has 3 aromatic carbocycles. The third kappa shape index (κ3) is 3.50. The highest BCUT2D eigenvalue weighted by Crippen LogP contribution is 2.50. The number of hydrogen-bond donors (Lipinski definition) is 0. The van der Waals surface area contributed by atoms with E-state index in [9.17, 15) is 40.5 Å². The minimum Gasteiger partial charge on any atom is -0.258 e. The number of aliphatic imine (C=N–C) groups is 1. The number of fused-ring (bicyclic) bond motifs is 3. The molecule has 0 bridgehead atoms. The van der Waals surface area contributed by atoms with Gasteiger partial charge in [-0.15, -0.1) is 0 Å². The lowest BCUT2D eigenvalue weighted by atomic mass is 10.0. The second kappa shape index (κ2) is 8.12. The van der Waals surface area contributed by atoms with Crippen molar-refractivity contribution in [3.8, 4) is 11.1 Å². The molecule has 1 aliphatic rings. The van der Waals surface area contributed by atoms with Gasteiger partial charge in [0.25, 0.3) is 22.7 Å². The molecular formula is C21H13N5O8. The number of nitro groups is 4. The molecule has 0 amide bonds. The molecule has 0 saturated carbocycles. The van der Waals surface area contributed by atoms with E-state index in [1.165, 1.54) is 0 Å². The first-order valence-electron chi connectivity index (χ1n) is 9.75. The molecule has 3 aromatic rings. The minimum atomic E-state index is -0.885. The fourth-order valence-corrected chi connectivity index (χ4v) is 3.93. The van der Waals surface area contributed by atoms with Crippen molar-refractivity contribution in [1.82, 2.24) is 0 Å². The average molecular weight is 463 g/mol. The number of benzene rings is 3. The van der Waals surface area contributed by atoms with Gasteiger partial charge in [-0.2, -0.15) is 0 Å². The van der Waals surface area contributed by atoms with Crippen LogP contribution in [0.2, 0.25) is 0 Å². The lowest BCUT2D eigenvalue weighted by Crippen LogP contribution is -2.02. The molecule has 0 aromatic heterocycles. The van der Waals surface area contributed by atoms with Gasteiger partial charge in [0.05, 0.1) is 54.4 Å². The van der Waals surface area contributed by atoms with Crippen LogP contribution in [0.5, 0.6) is 0 Å². The van der Waals surface area contributed by atoms with E-state index in [1.54, 1.807) is 24.3 Å². The summed E-state index contributed by atoms with van der Waals surface area (Å²) in [4.78, 5) is 47.7. The van der Waals surface area contributed by atoms with Crippen molar-refractivity contribution in [2.24, 2.45) is 4.99 Å². The standard InChI is InChI=1S/C21H13N5O8/c1-2-11-5-3-4-6-16(11)22-21-14-7-12(23(27)28)9-17(25(31)32)19(14)20-15(21)8-13(24(29)30)10-18(20)26(33)34/h3-10H,2H2,1H3. The highest BCUT2D eigenvalue weighted by Gasteiger charge is 2.41. The van der Waals surface area contributed by atoms with E-state index in [1.807, 2.05) is 6.92 Å². The minimum absolute atomic E-state index is 0.0653. The summed E-state index contributed by atoms with van der Waals surface area (Å²) in [7, 11) is 0. The van der Waals surface area contributed by atoms with E-state index in [0.29, 0.717) is 24.2 Å². The van der Waals surface area contributed by atoms with Crippen molar-refractivity contribution >= 4 is 34.1 Å². The van der Waals surface area contributed by atoms with E-state index >= 15 is 0 Å². The van der Waals surface area contributed by atoms with Gasteiger partial charge >= 0.3 is 0 Å². The number of hydrogen-bond acceptors (Lipinski definition) is 9. The normalized spacial score (nSPS) is 11.5. The van der Waals surface area contributed by atoms with E-state index in [0.717, 1.165) is 17.7 Å². The Kier molecular flexibility index (Phi) is 5.29. The molecule has 1 aliphatic carbocycles. The summed E-state index contributed by atoms with van der Waals surface area (Å²) < 4.78 is 0. The number of non-ortho nitro benzene ring substituents is 2. The van der Waals surface area contributed by atoms with E-state index in [4.69, 9.17) is 0 Å². The molecule has 34 heavy (non-hydrogen) atoms. The Bertz CT molecular complexity index is 1380. The summed E-state index contributed by atoms with van der Waals surface area (Å²) in [5.41, 5.74) is -2.28. The molecule has 13 nitrogen and oxygen atoms in total. The van der Waals surface area contributed by atoms with Crippen molar-refractivity contribution in [1.29, 1.82) is 0 Å². The molecule has 0 atom stereocenters. The van der Waals surface area contributed by atoms with Crippen LogP contribution < -0.4 is 0 Å². The molecule has 0 unspecified atom stereocenters. The first kappa shape index (κ1) is 22.1. The van der Waals surface area contributed by atoms with Gasteiger partial charge < -0.3 is 0 Å². The zero-order chi connectivity index (χ0) is 24.7. The van der Waals surface area contributed by atoms with Crippen LogP contribution in [0, 0.1) is 40.5 Å². The van der Waals surface area contributed by atoms with Crippen molar-refractivity contribution < 1.29 is 19.7 Å². The van der Waals surface area contributed by atoms with Gasteiger partial charge in [-0.3, -0.25) is 40.5 Å². The third-order valence-corrected chi connectivity index (χ3v) is 5.38. The smallest absolute Gasteiger partial charge is 0.258 e. The van der Waals surface area contributed by atoms with Gasteiger partial charge in [-0.05, 0) is 18.1 Å². The third-order valence-electron chi connectivity index (χ3n) is 5.38. The monoisotopic (exact) mass is 463 g/mol. The molecule has 0 aliphatic heterocycles. The highest BCUT2D eigenvalue weighted by molar-refractivity contribution is 6.28. The van der Waals surface area contributed by atoms with Gasteiger partial charge in [0.2, 0.25) is 0 Å². The Morgan fingerprint density at radius 1 is 0.706 bits per heavy atom. The zero-order valence-corrected chi connectivity index (χ0v) is 17.3. The Hall–Kier alpha value is -5.07. The molecule has 4 rings (SSSR count). The van der Waals surface area contributed by atoms with Crippen LogP contribution in [0.25, 0.3) is 11.1 Å². The summed E-state index contributed by atoms with van der Waals surface area (Å²) in [5.74, 6) is 0. The van der Waals surface area contributed by atoms with Gasteiger partial charge in [0, 0.05) is 23.3 Å². The molecule has 0 heterocycles. The maximum absolute atomic E-state index is 11.8. The van der Waals surface area contributed by atoms with Crippen LogP contribution >= 0.6 is 0 Å². The SMILES string of the molecule is CCc1ccccc1N=C1c2cc([N+](=O)[O-])cc([N+](=O)[O-])c2-c2c1cc([N+](=O)[O-])cc2[N+](=O)[O-]. The number of para-hydroxylation sites is 1. The second-order valence-corrected chi connectivity index (χ2v) is 7.25. The zero-order valence-electron chi connectivity index (χ0n) is 17.3. The highest BCUT2D eigenvalue weighted by atomic mass is 16.6. The quantitative estimate of drug-likeness (QED) is 0.281. The van der Waals surface area contributed by atoms with Crippen LogP contribution in [0.4, 0.5) is 28.4 Å². The summed E-state index contributed by atoms with van der Waals surface area (Å²) in [6, 6.07) is 10.3. The van der Waals surface area contributed by atoms with Gasteiger partial charge in [-0.1, -0.05) is 25.1 Å². The molecule has 0 radical (unpaired) electrons. The van der Waals surface area contributed by atoms with Crippen LogP contribution in [-0.2, 0) is 6.42 Å². The first-order chi connectivity index (χ1) is 16.1. The Morgan fingerprint density at radius 2 is 1.18 bits per heavy atom. The van der Waals surface area contributed by atoms with Crippen LogP contribution in [0.15, 0.2) is 53.5 Å². The molecule has 13 heteroatoms. The predicted octanol–water partition coefficient (Wildman–Crippen LogP) is 5.03. The lowest BCUT2D eigenvalue weighted by Gasteiger charge is -2.06. The first-order valence-corrected chi connectivity index (χ1v) is 9.75. The maximum Gasteiger partial charge on any atom is 0.285 e. The maximum atomic E-state index is 11.8. The molecular weight excluding hydrogens is 450 g/mol.